The van der Waals surface area contributed by atoms with Crippen molar-refractivity contribution in [1.82, 2.24) is 14.4 Å². The fourth-order valence-corrected chi connectivity index (χ4v) is 3.13. The fourth-order valence-electron chi connectivity index (χ4n) is 3.13. The predicted octanol–water partition coefficient (Wildman–Crippen LogP) is 1.56. The first-order valence-electron chi connectivity index (χ1n) is 8.49. The molecule has 0 spiro atoms. The van der Waals surface area contributed by atoms with Crippen molar-refractivity contribution in [1.29, 1.82) is 0 Å². The molecule has 5 heteroatoms. The Hall–Kier alpha value is -2.11. The second kappa shape index (κ2) is 7.64. The minimum atomic E-state index is -0.899. The fraction of sp³-hybridized carbons (Fsp3) is 0.421. The molecule has 2 heterocycles. The van der Waals surface area contributed by atoms with Crippen molar-refractivity contribution in [3.05, 3.63) is 59.9 Å². The summed E-state index contributed by atoms with van der Waals surface area (Å²) in [6.07, 6.45) is 3.42. The van der Waals surface area contributed by atoms with Crippen molar-refractivity contribution >= 4 is 5.91 Å². The number of hydrogen-bond donors (Lipinski definition) is 1. The molecule has 0 bridgehead atoms. The van der Waals surface area contributed by atoms with Gasteiger partial charge in [-0.05, 0) is 24.1 Å². The normalized spacial score (nSPS) is 17.0. The van der Waals surface area contributed by atoms with Gasteiger partial charge < -0.3 is 14.6 Å². The van der Waals surface area contributed by atoms with Gasteiger partial charge in [-0.25, -0.2) is 0 Å². The van der Waals surface area contributed by atoms with Crippen LogP contribution in [0.4, 0.5) is 0 Å². The number of nitrogens with zero attached hydrogens (tertiary/aromatic N) is 3. The predicted molar refractivity (Wildman–Crippen MR) is 93.5 cm³/mol. The van der Waals surface area contributed by atoms with Crippen LogP contribution >= 0.6 is 0 Å². The Morgan fingerprint density at radius 1 is 1.04 bits per heavy atom. The maximum Gasteiger partial charge on any atom is 0.251 e. The number of piperazine rings is 1. The number of hydrogen-bond acceptors (Lipinski definition) is 3. The van der Waals surface area contributed by atoms with Crippen molar-refractivity contribution < 1.29 is 9.90 Å². The lowest BCUT2D eigenvalue weighted by Gasteiger charge is -2.35. The molecule has 0 radical (unpaired) electrons. The molecule has 0 aliphatic carbocycles. The van der Waals surface area contributed by atoms with Gasteiger partial charge in [-0.15, -0.1) is 0 Å². The van der Waals surface area contributed by atoms with Gasteiger partial charge in [-0.1, -0.05) is 30.3 Å². The number of aliphatic hydroxyl groups is 1. The molecule has 2 aromatic rings. The van der Waals surface area contributed by atoms with Gasteiger partial charge in [0.05, 0.1) is 0 Å². The highest BCUT2D eigenvalue weighted by Gasteiger charge is 2.23. The summed E-state index contributed by atoms with van der Waals surface area (Å²) in [5.41, 5.74) is 2.59. The third kappa shape index (κ3) is 4.24. The topological polar surface area (TPSA) is 48.7 Å². The summed E-state index contributed by atoms with van der Waals surface area (Å²) in [5.74, 6) is -0.163. The van der Waals surface area contributed by atoms with E-state index < -0.39 is 6.10 Å². The van der Waals surface area contributed by atoms with Crippen molar-refractivity contribution in [2.24, 2.45) is 0 Å². The van der Waals surface area contributed by atoms with Crippen LogP contribution in [-0.4, -0.2) is 57.7 Å². The average molecular weight is 327 g/mol. The van der Waals surface area contributed by atoms with Crippen molar-refractivity contribution in [3.8, 4) is 0 Å². The summed E-state index contributed by atoms with van der Waals surface area (Å²) in [5, 5.41) is 9.39. The maximum absolute atomic E-state index is 11.8. The summed E-state index contributed by atoms with van der Waals surface area (Å²) >= 11 is 0. The summed E-state index contributed by atoms with van der Waals surface area (Å²) < 4.78 is 2.21. The van der Waals surface area contributed by atoms with Crippen LogP contribution in [0.2, 0.25) is 0 Å². The SMILES string of the molecule is CC(O)C(=O)N1CCN(Cc2ccn(Cc3ccccc3)c2)CC1. The molecule has 128 valence electrons. The molecule has 1 fully saturated rings. The molecule has 1 unspecified atom stereocenters. The molecule has 1 aliphatic rings. The molecular formula is C19H25N3O2. The Morgan fingerprint density at radius 2 is 1.75 bits per heavy atom. The van der Waals surface area contributed by atoms with E-state index in [9.17, 15) is 9.90 Å². The third-order valence-corrected chi connectivity index (χ3v) is 4.47. The van der Waals surface area contributed by atoms with Gasteiger partial charge in [0.2, 0.25) is 0 Å². The van der Waals surface area contributed by atoms with E-state index in [1.165, 1.54) is 18.1 Å². The quantitative estimate of drug-likeness (QED) is 0.907. The molecule has 1 atom stereocenters. The number of aromatic nitrogens is 1. The van der Waals surface area contributed by atoms with E-state index >= 15 is 0 Å². The molecular weight excluding hydrogens is 302 g/mol. The number of carbonyl (C=O) groups is 1. The zero-order valence-corrected chi connectivity index (χ0v) is 14.1. The number of benzene rings is 1. The minimum absolute atomic E-state index is 0.163. The summed E-state index contributed by atoms with van der Waals surface area (Å²) in [6.45, 7) is 6.40. The summed E-state index contributed by atoms with van der Waals surface area (Å²) in [4.78, 5) is 15.9. The Labute approximate surface area is 143 Å². The molecule has 3 rings (SSSR count). The monoisotopic (exact) mass is 327 g/mol. The number of amides is 1. The summed E-state index contributed by atoms with van der Waals surface area (Å²) in [7, 11) is 0. The van der Waals surface area contributed by atoms with Crippen LogP contribution in [0.3, 0.4) is 0 Å². The van der Waals surface area contributed by atoms with Gasteiger partial charge in [0.1, 0.15) is 6.10 Å². The van der Waals surface area contributed by atoms with Gasteiger partial charge in [-0.3, -0.25) is 9.69 Å². The molecule has 0 saturated carbocycles. The van der Waals surface area contributed by atoms with E-state index in [0.717, 1.165) is 26.2 Å². The first kappa shape index (κ1) is 16.7. The Morgan fingerprint density at radius 3 is 2.42 bits per heavy atom. The lowest BCUT2D eigenvalue weighted by Crippen LogP contribution is -2.50. The van der Waals surface area contributed by atoms with Gasteiger partial charge in [0, 0.05) is 51.7 Å². The summed E-state index contributed by atoms with van der Waals surface area (Å²) in [6, 6.07) is 12.6. The van der Waals surface area contributed by atoms with E-state index in [0.29, 0.717) is 13.1 Å². The van der Waals surface area contributed by atoms with Crippen LogP contribution < -0.4 is 0 Å². The first-order chi connectivity index (χ1) is 11.6. The molecule has 1 aromatic carbocycles. The largest absolute Gasteiger partial charge is 0.384 e. The van der Waals surface area contributed by atoms with E-state index in [4.69, 9.17) is 0 Å². The van der Waals surface area contributed by atoms with E-state index in [1.807, 2.05) is 6.07 Å². The molecule has 1 aliphatic heterocycles. The van der Waals surface area contributed by atoms with Crippen molar-refractivity contribution in [2.75, 3.05) is 26.2 Å². The Kier molecular flexibility index (Phi) is 5.33. The van der Waals surface area contributed by atoms with Crippen molar-refractivity contribution in [2.45, 2.75) is 26.1 Å². The van der Waals surface area contributed by atoms with Crippen LogP contribution in [0.15, 0.2) is 48.8 Å². The zero-order valence-electron chi connectivity index (χ0n) is 14.1. The van der Waals surface area contributed by atoms with E-state index in [1.54, 1.807) is 4.90 Å². The molecule has 1 N–H and O–H groups in total. The minimum Gasteiger partial charge on any atom is -0.384 e. The number of carbonyl (C=O) groups excluding carboxylic acids is 1. The van der Waals surface area contributed by atoms with Crippen LogP contribution in [0.5, 0.6) is 0 Å². The average Bonchev–Trinajstić information content (AvgIpc) is 3.02. The zero-order chi connectivity index (χ0) is 16.9. The molecule has 1 saturated heterocycles. The van der Waals surface area contributed by atoms with Crippen LogP contribution in [-0.2, 0) is 17.9 Å². The van der Waals surface area contributed by atoms with E-state index in [2.05, 4.69) is 52.2 Å². The first-order valence-corrected chi connectivity index (χ1v) is 8.49. The van der Waals surface area contributed by atoms with Crippen LogP contribution in [0.1, 0.15) is 18.1 Å². The molecule has 1 amide bonds. The standard InChI is InChI=1S/C19H25N3O2/c1-16(23)19(24)22-11-9-20(10-12-22)14-18-7-8-21(15-18)13-17-5-3-2-4-6-17/h2-8,15-16,23H,9-14H2,1H3. The van der Waals surface area contributed by atoms with Gasteiger partial charge >= 0.3 is 0 Å². The van der Waals surface area contributed by atoms with Gasteiger partial charge in [0.15, 0.2) is 0 Å². The number of aliphatic hydroxyl groups excluding tert-OH is 1. The number of rotatable bonds is 5. The highest BCUT2D eigenvalue weighted by molar-refractivity contribution is 5.80. The molecule has 1 aromatic heterocycles. The lowest BCUT2D eigenvalue weighted by molar-refractivity contribution is -0.141. The Balaban J connectivity index is 1.50. The molecule has 24 heavy (non-hydrogen) atoms. The lowest BCUT2D eigenvalue weighted by atomic mass is 10.2. The maximum atomic E-state index is 11.8. The highest BCUT2D eigenvalue weighted by Crippen LogP contribution is 2.11. The van der Waals surface area contributed by atoms with Gasteiger partial charge in [0.25, 0.3) is 5.91 Å². The smallest absolute Gasteiger partial charge is 0.251 e. The Bertz CT molecular complexity index is 658. The highest BCUT2D eigenvalue weighted by atomic mass is 16.3. The van der Waals surface area contributed by atoms with Crippen molar-refractivity contribution in [3.63, 3.8) is 0 Å². The van der Waals surface area contributed by atoms with Gasteiger partial charge in [-0.2, -0.15) is 0 Å². The van der Waals surface area contributed by atoms with E-state index in [-0.39, 0.29) is 5.91 Å². The second-order valence-electron chi connectivity index (χ2n) is 6.46. The van der Waals surface area contributed by atoms with Crippen LogP contribution in [0, 0.1) is 0 Å². The molecule has 5 nitrogen and oxygen atoms in total. The second-order valence-corrected chi connectivity index (χ2v) is 6.46. The van der Waals surface area contributed by atoms with Crippen LogP contribution in [0.25, 0.3) is 0 Å². The third-order valence-electron chi connectivity index (χ3n) is 4.47.